The first-order chi connectivity index (χ1) is 11.7. The van der Waals surface area contributed by atoms with Gasteiger partial charge >= 0.3 is 0 Å². The summed E-state index contributed by atoms with van der Waals surface area (Å²) >= 11 is 0. The summed E-state index contributed by atoms with van der Waals surface area (Å²) in [5.74, 6) is -0.0416. The minimum atomic E-state index is -0.213. The average molecular weight is 327 g/mol. The maximum absolute atomic E-state index is 12.8. The van der Waals surface area contributed by atoms with Gasteiger partial charge in [0.2, 0.25) is 5.91 Å². The molecule has 2 heterocycles. The van der Waals surface area contributed by atoms with Gasteiger partial charge in [0, 0.05) is 11.9 Å². The molecule has 2 aliphatic rings. The molecule has 126 valence electrons. The second-order valence-electron chi connectivity index (χ2n) is 6.54. The van der Waals surface area contributed by atoms with Gasteiger partial charge < -0.3 is 9.64 Å². The summed E-state index contributed by atoms with van der Waals surface area (Å²) in [5.41, 5.74) is -0.213. The van der Waals surface area contributed by atoms with Gasteiger partial charge in [0.25, 0.3) is 5.56 Å². The summed E-state index contributed by atoms with van der Waals surface area (Å²) < 4.78 is 7.09. The van der Waals surface area contributed by atoms with Crippen molar-refractivity contribution in [3.05, 3.63) is 40.8 Å². The first kappa shape index (κ1) is 15.3. The average Bonchev–Trinajstić information content (AvgIpc) is 2.63. The number of carbonyl (C=O) groups is 1. The number of hydrogen-bond acceptors (Lipinski definition) is 4. The highest BCUT2D eigenvalue weighted by molar-refractivity contribution is 5.81. The van der Waals surface area contributed by atoms with Crippen LogP contribution in [0.2, 0.25) is 0 Å². The minimum Gasteiger partial charge on any atom is -0.374 e. The molecule has 4 rings (SSSR count). The van der Waals surface area contributed by atoms with Crippen molar-refractivity contribution in [2.75, 3.05) is 13.2 Å². The molecule has 1 saturated heterocycles. The molecule has 6 heteroatoms. The van der Waals surface area contributed by atoms with Crippen LogP contribution in [-0.2, 0) is 16.1 Å². The Morgan fingerprint density at radius 3 is 3.00 bits per heavy atom. The molecule has 1 aliphatic carbocycles. The number of carbonyl (C=O) groups excluding carboxylic acids is 1. The number of benzene rings is 1. The van der Waals surface area contributed by atoms with Gasteiger partial charge in [-0.15, -0.1) is 0 Å². The molecule has 2 atom stereocenters. The van der Waals surface area contributed by atoms with Gasteiger partial charge in [0.15, 0.2) is 0 Å². The second-order valence-corrected chi connectivity index (χ2v) is 6.54. The monoisotopic (exact) mass is 327 g/mol. The summed E-state index contributed by atoms with van der Waals surface area (Å²) in [7, 11) is 0. The van der Waals surface area contributed by atoms with E-state index in [1.54, 1.807) is 12.3 Å². The molecule has 1 aliphatic heterocycles. The molecule has 0 radical (unpaired) electrons. The summed E-state index contributed by atoms with van der Waals surface area (Å²) in [5, 5.41) is 5.56. The normalized spacial score (nSPS) is 23.9. The lowest BCUT2D eigenvalue weighted by Gasteiger charge is -2.43. The van der Waals surface area contributed by atoms with E-state index < -0.39 is 0 Å². The second kappa shape index (κ2) is 6.36. The molecule has 2 fully saturated rings. The number of morpholine rings is 1. The number of aromatic nitrogens is 2. The Morgan fingerprint density at radius 2 is 2.08 bits per heavy atom. The first-order valence-corrected chi connectivity index (χ1v) is 8.60. The molecule has 1 saturated carbocycles. The van der Waals surface area contributed by atoms with Crippen LogP contribution in [0.4, 0.5) is 0 Å². The third kappa shape index (κ3) is 2.71. The van der Waals surface area contributed by atoms with E-state index in [4.69, 9.17) is 4.74 Å². The highest BCUT2D eigenvalue weighted by Gasteiger charge is 2.36. The zero-order valence-electron chi connectivity index (χ0n) is 13.6. The van der Waals surface area contributed by atoms with Crippen LogP contribution in [0.5, 0.6) is 0 Å². The molecule has 1 aromatic carbocycles. The maximum Gasteiger partial charge on any atom is 0.275 e. The number of fused-ring (bicyclic) bond motifs is 2. The van der Waals surface area contributed by atoms with E-state index in [9.17, 15) is 9.59 Å². The molecule has 0 unspecified atom stereocenters. The Bertz CT molecular complexity index is 815. The summed E-state index contributed by atoms with van der Waals surface area (Å²) in [6.07, 6.45) is 6.08. The van der Waals surface area contributed by atoms with Gasteiger partial charge in [-0.25, -0.2) is 4.68 Å². The van der Waals surface area contributed by atoms with Crippen molar-refractivity contribution in [3.63, 3.8) is 0 Å². The largest absolute Gasteiger partial charge is 0.374 e. The van der Waals surface area contributed by atoms with Crippen LogP contribution in [0.15, 0.2) is 35.3 Å². The fourth-order valence-corrected chi connectivity index (χ4v) is 3.87. The Hall–Kier alpha value is -2.21. The van der Waals surface area contributed by atoms with Crippen LogP contribution in [-0.4, -0.2) is 45.9 Å². The van der Waals surface area contributed by atoms with E-state index in [0.29, 0.717) is 18.5 Å². The van der Waals surface area contributed by atoms with Crippen LogP contribution >= 0.6 is 0 Å². The van der Waals surface area contributed by atoms with Gasteiger partial charge in [0.05, 0.1) is 30.3 Å². The highest BCUT2D eigenvalue weighted by Crippen LogP contribution is 2.28. The van der Waals surface area contributed by atoms with E-state index >= 15 is 0 Å². The van der Waals surface area contributed by atoms with E-state index in [-0.39, 0.29) is 30.2 Å². The van der Waals surface area contributed by atoms with E-state index in [1.807, 2.05) is 23.1 Å². The highest BCUT2D eigenvalue weighted by atomic mass is 16.5. The number of ether oxygens (including phenoxy) is 1. The van der Waals surface area contributed by atoms with Crippen LogP contribution in [0.25, 0.3) is 10.8 Å². The number of hydrogen-bond donors (Lipinski definition) is 0. The smallest absolute Gasteiger partial charge is 0.275 e. The summed E-state index contributed by atoms with van der Waals surface area (Å²) in [6, 6.07) is 7.47. The van der Waals surface area contributed by atoms with E-state index in [2.05, 4.69) is 5.10 Å². The Balaban J connectivity index is 1.57. The lowest BCUT2D eigenvalue weighted by atomic mass is 9.90. The predicted octanol–water partition coefficient (Wildman–Crippen LogP) is 1.57. The van der Waals surface area contributed by atoms with Crippen molar-refractivity contribution in [1.29, 1.82) is 0 Å². The number of amides is 1. The fourth-order valence-electron chi connectivity index (χ4n) is 3.87. The van der Waals surface area contributed by atoms with Gasteiger partial charge in [-0.05, 0) is 18.9 Å². The number of rotatable bonds is 2. The summed E-state index contributed by atoms with van der Waals surface area (Å²) in [6.45, 7) is 1.17. The Labute approximate surface area is 140 Å². The molecule has 2 aromatic rings. The van der Waals surface area contributed by atoms with Crippen LogP contribution in [0, 0.1) is 0 Å². The van der Waals surface area contributed by atoms with Crippen molar-refractivity contribution in [1.82, 2.24) is 14.7 Å². The molecular weight excluding hydrogens is 306 g/mol. The van der Waals surface area contributed by atoms with Gasteiger partial charge in [-0.1, -0.05) is 31.0 Å². The SMILES string of the molecule is O=C(Cn1ncc2ccccc2c1=O)N1CCO[C@@H]2CCCC[C@@H]21. The maximum atomic E-state index is 12.8. The lowest BCUT2D eigenvalue weighted by molar-refractivity contribution is -0.150. The quantitative estimate of drug-likeness (QED) is 0.840. The number of nitrogens with zero attached hydrogens (tertiary/aromatic N) is 3. The molecule has 6 nitrogen and oxygen atoms in total. The Kier molecular flexibility index (Phi) is 4.06. The van der Waals surface area contributed by atoms with E-state index in [1.165, 1.54) is 4.68 Å². The molecule has 0 N–H and O–H groups in total. The fraction of sp³-hybridized carbons (Fsp3) is 0.500. The van der Waals surface area contributed by atoms with Crippen molar-refractivity contribution in [2.45, 2.75) is 44.4 Å². The van der Waals surface area contributed by atoms with Crippen LogP contribution < -0.4 is 5.56 Å². The zero-order valence-corrected chi connectivity index (χ0v) is 13.6. The lowest BCUT2D eigenvalue weighted by Crippen LogP contribution is -2.55. The molecule has 0 bridgehead atoms. The zero-order chi connectivity index (χ0) is 16.5. The van der Waals surface area contributed by atoms with Gasteiger partial charge in [-0.2, -0.15) is 5.10 Å². The van der Waals surface area contributed by atoms with Gasteiger partial charge in [-0.3, -0.25) is 9.59 Å². The molecule has 1 aromatic heterocycles. The standard InChI is InChI=1S/C18H21N3O3/c22-17(20-9-10-24-16-8-4-3-7-15(16)20)12-21-18(23)14-6-2-1-5-13(14)11-19-21/h1-2,5-6,11,15-16H,3-4,7-10,12H2/t15-,16+/m0/s1. The molecular formula is C18H21N3O3. The van der Waals surface area contributed by atoms with E-state index in [0.717, 1.165) is 31.1 Å². The Morgan fingerprint density at radius 1 is 1.25 bits per heavy atom. The molecule has 0 spiro atoms. The topological polar surface area (TPSA) is 64.4 Å². The first-order valence-electron chi connectivity index (χ1n) is 8.60. The summed E-state index contributed by atoms with van der Waals surface area (Å²) in [4.78, 5) is 27.2. The minimum absolute atomic E-state index is 0.00706. The van der Waals surface area contributed by atoms with Crippen LogP contribution in [0.1, 0.15) is 25.7 Å². The van der Waals surface area contributed by atoms with Gasteiger partial charge in [0.1, 0.15) is 6.54 Å². The van der Waals surface area contributed by atoms with Crippen molar-refractivity contribution < 1.29 is 9.53 Å². The third-order valence-corrected chi connectivity index (χ3v) is 5.10. The van der Waals surface area contributed by atoms with Crippen molar-refractivity contribution in [3.8, 4) is 0 Å². The predicted molar refractivity (Wildman–Crippen MR) is 89.7 cm³/mol. The third-order valence-electron chi connectivity index (χ3n) is 5.10. The molecule has 1 amide bonds. The van der Waals surface area contributed by atoms with Crippen molar-refractivity contribution in [2.24, 2.45) is 0 Å². The molecule has 24 heavy (non-hydrogen) atoms. The van der Waals surface area contributed by atoms with Crippen LogP contribution in [0.3, 0.4) is 0 Å². The van der Waals surface area contributed by atoms with Crippen molar-refractivity contribution >= 4 is 16.7 Å².